The molecule has 2 N–H and O–H groups in total. The Bertz CT molecular complexity index is 652. The molecule has 0 amide bonds. The van der Waals surface area contributed by atoms with Crippen LogP contribution in [-0.2, 0) is 17.2 Å². The highest BCUT2D eigenvalue weighted by atomic mass is 16.5. The average Bonchev–Trinajstić information content (AvgIpc) is 2.64. The van der Waals surface area contributed by atoms with Gasteiger partial charge in [-0.2, -0.15) is 0 Å². The monoisotopic (exact) mass is 262 g/mol. The molecule has 5 nitrogen and oxygen atoms in total. The standard InChI is InChI=1S/C14H18N2O3/c1-16-11-7-10(3-4-12(11)19-13(16)17)14(5-2-6-15)8-18-9-14/h3-4,7H,2,5-6,8-9,15H2,1H3. The van der Waals surface area contributed by atoms with Crippen LogP contribution >= 0.6 is 0 Å². The molecule has 1 aromatic heterocycles. The number of rotatable bonds is 4. The van der Waals surface area contributed by atoms with Gasteiger partial charge in [0.2, 0.25) is 0 Å². The summed E-state index contributed by atoms with van der Waals surface area (Å²) >= 11 is 0. The zero-order chi connectivity index (χ0) is 13.5. The summed E-state index contributed by atoms with van der Waals surface area (Å²) < 4.78 is 12.1. The number of benzene rings is 1. The number of hydrogen-bond donors (Lipinski definition) is 1. The molecule has 1 aliphatic rings. The van der Waals surface area contributed by atoms with Crippen molar-refractivity contribution in [3.05, 3.63) is 34.3 Å². The first-order valence-electron chi connectivity index (χ1n) is 6.54. The van der Waals surface area contributed by atoms with E-state index in [1.807, 2.05) is 18.2 Å². The maximum absolute atomic E-state index is 11.5. The Balaban J connectivity index is 2.04. The third kappa shape index (κ3) is 1.89. The molecule has 5 heteroatoms. The SMILES string of the molecule is Cn1c(=O)oc2ccc(C3(CCCN)COC3)cc21. The van der Waals surface area contributed by atoms with Crippen LogP contribution in [0.3, 0.4) is 0 Å². The molecule has 1 fully saturated rings. The van der Waals surface area contributed by atoms with Gasteiger partial charge in [0.15, 0.2) is 5.58 Å². The van der Waals surface area contributed by atoms with E-state index in [9.17, 15) is 4.79 Å². The molecule has 1 aliphatic heterocycles. The zero-order valence-electron chi connectivity index (χ0n) is 11.0. The summed E-state index contributed by atoms with van der Waals surface area (Å²) in [5.41, 5.74) is 8.34. The molecule has 0 aliphatic carbocycles. The predicted octanol–water partition coefficient (Wildman–Crippen LogP) is 1.14. The van der Waals surface area contributed by atoms with E-state index in [0.29, 0.717) is 12.1 Å². The molecular weight excluding hydrogens is 244 g/mol. The van der Waals surface area contributed by atoms with Crippen molar-refractivity contribution >= 4 is 11.1 Å². The Hall–Kier alpha value is -1.59. The van der Waals surface area contributed by atoms with Gasteiger partial charge in [0.1, 0.15) is 0 Å². The zero-order valence-corrected chi connectivity index (χ0v) is 11.0. The fourth-order valence-corrected chi connectivity index (χ4v) is 2.70. The Morgan fingerprint density at radius 3 is 2.84 bits per heavy atom. The molecule has 2 aromatic rings. The number of nitrogens with two attached hydrogens (primary N) is 1. The van der Waals surface area contributed by atoms with Crippen molar-refractivity contribution in [3.63, 3.8) is 0 Å². The summed E-state index contributed by atoms with van der Waals surface area (Å²) in [7, 11) is 1.72. The van der Waals surface area contributed by atoms with E-state index in [1.165, 1.54) is 10.1 Å². The molecule has 1 aromatic carbocycles. The van der Waals surface area contributed by atoms with Gasteiger partial charge in [-0.15, -0.1) is 0 Å². The van der Waals surface area contributed by atoms with E-state index in [1.54, 1.807) is 7.05 Å². The van der Waals surface area contributed by atoms with Gasteiger partial charge in [0, 0.05) is 12.5 Å². The third-order valence-corrected chi connectivity index (χ3v) is 4.02. The van der Waals surface area contributed by atoms with Crippen LogP contribution in [0.15, 0.2) is 27.4 Å². The van der Waals surface area contributed by atoms with Gasteiger partial charge in [-0.05, 0) is 37.1 Å². The highest BCUT2D eigenvalue weighted by Gasteiger charge is 2.39. The third-order valence-electron chi connectivity index (χ3n) is 4.02. The lowest BCUT2D eigenvalue weighted by atomic mass is 9.75. The van der Waals surface area contributed by atoms with Crippen LogP contribution in [0.4, 0.5) is 0 Å². The van der Waals surface area contributed by atoms with Crippen molar-refractivity contribution in [2.45, 2.75) is 18.3 Å². The van der Waals surface area contributed by atoms with Crippen LogP contribution in [0.1, 0.15) is 18.4 Å². The van der Waals surface area contributed by atoms with Gasteiger partial charge in [-0.25, -0.2) is 4.79 Å². The molecule has 0 radical (unpaired) electrons. The number of ether oxygens (including phenoxy) is 1. The molecule has 2 heterocycles. The number of aryl methyl sites for hydroxylation is 1. The van der Waals surface area contributed by atoms with E-state index < -0.39 is 0 Å². The summed E-state index contributed by atoms with van der Waals surface area (Å²) in [4.78, 5) is 11.5. The quantitative estimate of drug-likeness (QED) is 0.897. The minimum atomic E-state index is -0.326. The van der Waals surface area contributed by atoms with Gasteiger partial charge >= 0.3 is 5.76 Å². The minimum Gasteiger partial charge on any atom is -0.408 e. The predicted molar refractivity (Wildman–Crippen MR) is 72.2 cm³/mol. The first-order chi connectivity index (χ1) is 9.16. The largest absolute Gasteiger partial charge is 0.419 e. The molecule has 0 unspecified atom stereocenters. The van der Waals surface area contributed by atoms with Crippen LogP contribution in [0.25, 0.3) is 11.1 Å². The second-order valence-corrected chi connectivity index (χ2v) is 5.27. The maximum Gasteiger partial charge on any atom is 0.419 e. The van der Waals surface area contributed by atoms with Crippen molar-refractivity contribution in [1.82, 2.24) is 4.57 Å². The van der Waals surface area contributed by atoms with Crippen molar-refractivity contribution < 1.29 is 9.15 Å². The highest BCUT2D eigenvalue weighted by Crippen LogP contribution is 2.37. The first-order valence-corrected chi connectivity index (χ1v) is 6.54. The lowest BCUT2D eigenvalue weighted by Crippen LogP contribution is -2.47. The Morgan fingerprint density at radius 1 is 1.42 bits per heavy atom. The molecule has 19 heavy (non-hydrogen) atoms. The molecular formula is C14H18N2O3. The molecule has 102 valence electrons. The number of nitrogens with zero attached hydrogens (tertiary/aromatic N) is 1. The van der Waals surface area contributed by atoms with E-state index in [-0.39, 0.29) is 11.2 Å². The summed E-state index contributed by atoms with van der Waals surface area (Å²) in [5, 5.41) is 0. The number of fused-ring (bicyclic) bond motifs is 1. The van der Waals surface area contributed by atoms with E-state index in [0.717, 1.165) is 31.6 Å². The fraction of sp³-hybridized carbons (Fsp3) is 0.500. The van der Waals surface area contributed by atoms with Crippen molar-refractivity contribution in [2.75, 3.05) is 19.8 Å². The van der Waals surface area contributed by atoms with Crippen molar-refractivity contribution in [3.8, 4) is 0 Å². The minimum absolute atomic E-state index is 0.0564. The average molecular weight is 262 g/mol. The van der Waals surface area contributed by atoms with Gasteiger partial charge in [-0.3, -0.25) is 4.57 Å². The summed E-state index contributed by atoms with van der Waals surface area (Å²) in [5.74, 6) is -0.326. The molecule has 3 rings (SSSR count). The van der Waals surface area contributed by atoms with Crippen LogP contribution in [-0.4, -0.2) is 24.3 Å². The number of hydrogen-bond acceptors (Lipinski definition) is 4. The Kier molecular flexibility index (Phi) is 2.95. The number of oxazole rings is 1. The molecule has 0 spiro atoms. The van der Waals surface area contributed by atoms with E-state index in [2.05, 4.69) is 0 Å². The first kappa shape index (κ1) is 12.4. The van der Waals surface area contributed by atoms with Crippen LogP contribution in [0.5, 0.6) is 0 Å². The van der Waals surface area contributed by atoms with Crippen LogP contribution < -0.4 is 11.5 Å². The second kappa shape index (κ2) is 4.51. The van der Waals surface area contributed by atoms with E-state index in [4.69, 9.17) is 14.9 Å². The van der Waals surface area contributed by atoms with Crippen molar-refractivity contribution in [2.24, 2.45) is 12.8 Å². The number of aromatic nitrogens is 1. The van der Waals surface area contributed by atoms with Crippen LogP contribution in [0, 0.1) is 0 Å². The summed E-state index contributed by atoms with van der Waals surface area (Å²) in [6.07, 6.45) is 1.99. The van der Waals surface area contributed by atoms with E-state index >= 15 is 0 Å². The maximum atomic E-state index is 11.5. The lowest BCUT2D eigenvalue weighted by Gasteiger charge is -2.42. The molecule has 0 bridgehead atoms. The topological polar surface area (TPSA) is 70.4 Å². The van der Waals surface area contributed by atoms with Crippen molar-refractivity contribution in [1.29, 1.82) is 0 Å². The van der Waals surface area contributed by atoms with Gasteiger partial charge in [0.05, 0.1) is 18.7 Å². The highest BCUT2D eigenvalue weighted by molar-refractivity contribution is 5.74. The second-order valence-electron chi connectivity index (χ2n) is 5.27. The summed E-state index contributed by atoms with van der Waals surface area (Å²) in [6, 6.07) is 5.94. The van der Waals surface area contributed by atoms with Gasteiger partial charge in [0.25, 0.3) is 0 Å². The normalized spacial score (nSPS) is 17.6. The molecule has 1 saturated heterocycles. The lowest BCUT2D eigenvalue weighted by molar-refractivity contribution is -0.0648. The van der Waals surface area contributed by atoms with Crippen LogP contribution in [0.2, 0.25) is 0 Å². The summed E-state index contributed by atoms with van der Waals surface area (Å²) in [6.45, 7) is 2.14. The Labute approximate surface area is 111 Å². The van der Waals surface area contributed by atoms with Gasteiger partial charge < -0.3 is 14.9 Å². The van der Waals surface area contributed by atoms with Gasteiger partial charge in [-0.1, -0.05) is 6.07 Å². The molecule has 0 atom stereocenters. The smallest absolute Gasteiger partial charge is 0.408 e. The fourth-order valence-electron chi connectivity index (χ4n) is 2.70. The molecule has 0 saturated carbocycles. The Morgan fingerprint density at radius 2 is 2.21 bits per heavy atom.